The molecule has 0 aromatic heterocycles. The quantitative estimate of drug-likeness (QED) is 0.244. The van der Waals surface area contributed by atoms with Crippen molar-refractivity contribution in [3.8, 4) is 0 Å². The normalized spacial score (nSPS) is 10.6. The number of nitrogens with zero attached hydrogens (tertiary/aromatic N) is 2. The molecule has 0 aliphatic heterocycles. The molecule has 0 spiro atoms. The van der Waals surface area contributed by atoms with Gasteiger partial charge >= 0.3 is 0 Å². The topological polar surface area (TPSA) is 40.6 Å². The van der Waals surface area contributed by atoms with Crippen molar-refractivity contribution in [1.29, 1.82) is 0 Å². The molecular weight excluding hydrogens is 491 g/mol. The number of halogens is 2. The van der Waals surface area contributed by atoms with Gasteiger partial charge in [-0.3, -0.25) is 9.59 Å². The van der Waals surface area contributed by atoms with E-state index in [0.717, 1.165) is 22.5 Å². The minimum atomic E-state index is -0.0540. The average molecular weight is 517 g/mol. The van der Waals surface area contributed by atoms with Gasteiger partial charge in [0.05, 0.1) is 12.8 Å². The van der Waals surface area contributed by atoms with Crippen LogP contribution in [0, 0.1) is 0 Å². The van der Waals surface area contributed by atoms with Crippen molar-refractivity contribution in [2.75, 3.05) is 22.9 Å². The van der Waals surface area contributed by atoms with Crippen LogP contribution in [-0.4, -0.2) is 24.9 Å². The SMILES string of the molecule is O=C(Cc1ccc(Cl)cc1)N(CCN(C(=O)Cc1ccc(Cl)cc1)c1ccccc1)c1ccccc1. The highest BCUT2D eigenvalue weighted by atomic mass is 35.5. The zero-order chi connectivity index (χ0) is 25.3. The third kappa shape index (κ3) is 6.97. The Bertz CT molecular complexity index is 1180. The van der Waals surface area contributed by atoms with Crippen LogP contribution < -0.4 is 9.80 Å². The van der Waals surface area contributed by atoms with E-state index in [1.165, 1.54) is 0 Å². The summed E-state index contributed by atoms with van der Waals surface area (Å²) in [6.45, 7) is 0.690. The van der Waals surface area contributed by atoms with E-state index in [1.807, 2.05) is 84.9 Å². The maximum Gasteiger partial charge on any atom is 0.231 e. The molecule has 0 saturated carbocycles. The van der Waals surface area contributed by atoms with Crippen LogP contribution in [0.5, 0.6) is 0 Å². The van der Waals surface area contributed by atoms with Crippen molar-refractivity contribution in [3.05, 3.63) is 130 Å². The summed E-state index contributed by atoms with van der Waals surface area (Å²) in [5.41, 5.74) is 3.33. The Hall–Kier alpha value is -3.60. The summed E-state index contributed by atoms with van der Waals surface area (Å²) in [6, 6.07) is 33.6. The molecule has 4 rings (SSSR count). The molecule has 4 aromatic rings. The van der Waals surface area contributed by atoms with Crippen LogP contribution in [0.2, 0.25) is 10.0 Å². The van der Waals surface area contributed by atoms with Gasteiger partial charge < -0.3 is 9.80 Å². The lowest BCUT2D eigenvalue weighted by Crippen LogP contribution is -2.42. The molecule has 0 fully saturated rings. The number of anilines is 2. The van der Waals surface area contributed by atoms with Crippen LogP contribution in [-0.2, 0) is 22.4 Å². The van der Waals surface area contributed by atoms with Crippen molar-refractivity contribution < 1.29 is 9.59 Å². The van der Waals surface area contributed by atoms with Crippen molar-refractivity contribution in [2.24, 2.45) is 0 Å². The van der Waals surface area contributed by atoms with Crippen molar-refractivity contribution in [2.45, 2.75) is 12.8 Å². The predicted molar refractivity (Wildman–Crippen MR) is 148 cm³/mol. The van der Waals surface area contributed by atoms with E-state index < -0.39 is 0 Å². The Morgan fingerprint density at radius 1 is 0.500 bits per heavy atom. The Kier molecular flexibility index (Phi) is 8.77. The molecular formula is C30H26Cl2N2O2. The van der Waals surface area contributed by atoms with Gasteiger partial charge in [-0.25, -0.2) is 0 Å². The second-order valence-electron chi connectivity index (χ2n) is 8.37. The molecule has 0 aliphatic rings. The van der Waals surface area contributed by atoms with Crippen LogP contribution >= 0.6 is 23.2 Å². The number of amides is 2. The second kappa shape index (κ2) is 12.4. The van der Waals surface area contributed by atoms with Crippen molar-refractivity contribution in [3.63, 3.8) is 0 Å². The first-order valence-corrected chi connectivity index (χ1v) is 12.4. The van der Waals surface area contributed by atoms with E-state index in [2.05, 4.69) is 0 Å². The second-order valence-corrected chi connectivity index (χ2v) is 9.24. The Morgan fingerprint density at radius 2 is 0.833 bits per heavy atom. The molecule has 0 unspecified atom stereocenters. The van der Waals surface area contributed by atoms with Gasteiger partial charge in [0.25, 0.3) is 0 Å². The average Bonchev–Trinajstić information content (AvgIpc) is 2.90. The summed E-state index contributed by atoms with van der Waals surface area (Å²) < 4.78 is 0. The zero-order valence-corrected chi connectivity index (χ0v) is 21.2. The summed E-state index contributed by atoms with van der Waals surface area (Å²) in [4.78, 5) is 30.3. The summed E-state index contributed by atoms with van der Waals surface area (Å²) in [6.07, 6.45) is 0.465. The van der Waals surface area contributed by atoms with Gasteiger partial charge in [-0.15, -0.1) is 0 Å². The number of para-hydroxylation sites is 2. The Balaban J connectivity index is 1.55. The first kappa shape index (κ1) is 25.5. The number of hydrogen-bond acceptors (Lipinski definition) is 2. The molecule has 6 heteroatoms. The molecule has 4 aromatic carbocycles. The highest BCUT2D eigenvalue weighted by molar-refractivity contribution is 6.30. The van der Waals surface area contributed by atoms with Gasteiger partial charge in [0.1, 0.15) is 0 Å². The summed E-state index contributed by atoms with van der Waals surface area (Å²) >= 11 is 12.0. The first-order chi connectivity index (χ1) is 17.5. The Morgan fingerprint density at radius 3 is 1.17 bits per heavy atom. The molecule has 36 heavy (non-hydrogen) atoms. The lowest BCUT2D eigenvalue weighted by molar-refractivity contribution is -0.119. The third-order valence-corrected chi connectivity index (χ3v) is 6.33. The van der Waals surface area contributed by atoms with E-state index in [1.54, 1.807) is 34.1 Å². The highest BCUT2D eigenvalue weighted by Crippen LogP contribution is 2.20. The summed E-state index contributed by atoms with van der Waals surface area (Å²) in [5.74, 6) is -0.108. The molecule has 0 bridgehead atoms. The van der Waals surface area contributed by atoms with Crippen molar-refractivity contribution >= 4 is 46.4 Å². The Labute approximate surface area is 221 Å². The van der Waals surface area contributed by atoms with E-state index in [0.29, 0.717) is 23.1 Å². The fourth-order valence-corrected chi connectivity index (χ4v) is 4.21. The smallest absolute Gasteiger partial charge is 0.231 e. The minimum absolute atomic E-state index is 0.0540. The third-order valence-electron chi connectivity index (χ3n) is 5.82. The highest BCUT2D eigenvalue weighted by Gasteiger charge is 2.21. The summed E-state index contributed by atoms with van der Waals surface area (Å²) in [5, 5.41) is 1.26. The molecule has 0 heterocycles. The van der Waals surface area contributed by atoms with Gasteiger partial charge in [-0.1, -0.05) is 83.9 Å². The molecule has 0 N–H and O–H groups in total. The molecule has 4 nitrogen and oxygen atoms in total. The van der Waals surface area contributed by atoms with Crippen LogP contribution in [0.3, 0.4) is 0 Å². The molecule has 2 amide bonds. The molecule has 0 radical (unpaired) electrons. The number of hydrogen-bond donors (Lipinski definition) is 0. The maximum absolute atomic E-state index is 13.4. The molecule has 0 atom stereocenters. The lowest BCUT2D eigenvalue weighted by atomic mass is 10.1. The number of rotatable bonds is 9. The standard InChI is InChI=1S/C30H26Cl2N2O2/c31-25-15-11-23(12-16-25)21-29(35)33(27-7-3-1-4-8-27)19-20-34(28-9-5-2-6-10-28)30(36)22-24-13-17-26(32)18-14-24/h1-18H,19-22H2. The molecule has 0 aliphatic carbocycles. The molecule has 0 saturated heterocycles. The lowest BCUT2D eigenvalue weighted by Gasteiger charge is -2.28. The van der Waals surface area contributed by atoms with Crippen LogP contribution in [0.1, 0.15) is 11.1 Å². The van der Waals surface area contributed by atoms with E-state index >= 15 is 0 Å². The van der Waals surface area contributed by atoms with E-state index in [-0.39, 0.29) is 24.7 Å². The van der Waals surface area contributed by atoms with Gasteiger partial charge in [-0.05, 0) is 59.7 Å². The molecule has 182 valence electrons. The van der Waals surface area contributed by atoms with Crippen LogP contribution in [0.25, 0.3) is 0 Å². The monoisotopic (exact) mass is 516 g/mol. The van der Waals surface area contributed by atoms with Crippen LogP contribution in [0.4, 0.5) is 11.4 Å². The summed E-state index contributed by atoms with van der Waals surface area (Å²) in [7, 11) is 0. The fraction of sp³-hybridized carbons (Fsp3) is 0.133. The van der Waals surface area contributed by atoms with E-state index in [9.17, 15) is 9.59 Å². The first-order valence-electron chi connectivity index (χ1n) is 11.7. The van der Waals surface area contributed by atoms with Gasteiger partial charge in [0.2, 0.25) is 11.8 Å². The van der Waals surface area contributed by atoms with Gasteiger partial charge in [0, 0.05) is 34.5 Å². The maximum atomic E-state index is 13.4. The minimum Gasteiger partial charge on any atom is -0.310 e. The zero-order valence-electron chi connectivity index (χ0n) is 19.7. The van der Waals surface area contributed by atoms with Crippen molar-refractivity contribution in [1.82, 2.24) is 0 Å². The van der Waals surface area contributed by atoms with Gasteiger partial charge in [-0.2, -0.15) is 0 Å². The number of carbonyl (C=O) groups is 2. The number of carbonyl (C=O) groups excluding carboxylic acids is 2. The van der Waals surface area contributed by atoms with Crippen LogP contribution in [0.15, 0.2) is 109 Å². The van der Waals surface area contributed by atoms with Gasteiger partial charge in [0.15, 0.2) is 0 Å². The van der Waals surface area contributed by atoms with E-state index in [4.69, 9.17) is 23.2 Å². The predicted octanol–water partition coefficient (Wildman–Crippen LogP) is 6.85. The fourth-order valence-electron chi connectivity index (χ4n) is 3.96. The largest absolute Gasteiger partial charge is 0.310 e. The number of benzene rings is 4.